The van der Waals surface area contributed by atoms with E-state index in [2.05, 4.69) is 20.8 Å². The van der Waals surface area contributed by atoms with E-state index in [0.717, 1.165) is 43.7 Å². The second-order valence-electron chi connectivity index (χ2n) is 5.08. The lowest BCUT2D eigenvalue weighted by atomic mass is 10.2. The van der Waals surface area contributed by atoms with Gasteiger partial charge in [-0.15, -0.1) is 0 Å². The van der Waals surface area contributed by atoms with E-state index in [-0.39, 0.29) is 15.4 Å². The van der Waals surface area contributed by atoms with Crippen LogP contribution in [-0.2, 0) is 14.3 Å². The largest absolute Gasteiger partial charge is 0.478 e. The van der Waals surface area contributed by atoms with Gasteiger partial charge in [-0.3, -0.25) is 0 Å². The number of unbranched alkanes of at least 4 members (excludes halogenated alkanes) is 2. The van der Waals surface area contributed by atoms with E-state index in [1.54, 1.807) is 6.92 Å². The molecule has 0 heterocycles. The topological polar surface area (TPSA) is 55.8 Å². The van der Waals surface area contributed by atoms with Crippen LogP contribution in [0.5, 0.6) is 0 Å². The monoisotopic (exact) mass is 314 g/mol. The zero-order chi connectivity index (χ0) is 16.1. The van der Waals surface area contributed by atoms with Crippen molar-refractivity contribution < 1.29 is 19.4 Å². The van der Waals surface area contributed by atoms with Crippen LogP contribution >= 0.6 is 0 Å². The quantitative estimate of drug-likeness (QED) is 0.243. The average Bonchev–Trinajstić information content (AvgIpc) is 2.46. The molecule has 0 saturated carbocycles. The van der Waals surface area contributed by atoms with Gasteiger partial charge in [0.15, 0.2) is 9.52 Å². The third-order valence-corrected chi connectivity index (χ3v) is 4.64. The van der Waals surface area contributed by atoms with Crippen LogP contribution in [-0.4, -0.2) is 39.7 Å². The molecule has 0 saturated heterocycles. The van der Waals surface area contributed by atoms with Gasteiger partial charge in [0.25, 0.3) is 0 Å². The van der Waals surface area contributed by atoms with Crippen LogP contribution < -0.4 is 0 Å². The van der Waals surface area contributed by atoms with Gasteiger partial charge in [-0.05, 0) is 26.2 Å². The number of hydrogen-bond donors (Lipinski definition) is 1. The maximum Gasteiger partial charge on any atom is 0.330 e. The lowest BCUT2D eigenvalue weighted by molar-refractivity contribution is -0.132. The molecule has 0 aromatic rings. The van der Waals surface area contributed by atoms with Gasteiger partial charge in [0.1, 0.15) is 5.91 Å². The Morgan fingerprint density at radius 1 is 1.05 bits per heavy atom. The number of allylic oxidation sites excluding steroid dienone is 1. The summed E-state index contributed by atoms with van der Waals surface area (Å²) < 4.78 is 11.6. The summed E-state index contributed by atoms with van der Waals surface area (Å²) in [5.74, 6) is -1.13. The molecular formula is C16H30O4Si. The Morgan fingerprint density at radius 2 is 1.57 bits per heavy atom. The maximum atomic E-state index is 11.2. The summed E-state index contributed by atoms with van der Waals surface area (Å²) in [5, 5.41) is 10.1. The van der Waals surface area contributed by atoms with Gasteiger partial charge < -0.3 is 14.6 Å². The number of hydrogen-bond acceptors (Lipinski definition) is 3. The highest BCUT2D eigenvalue weighted by Gasteiger charge is 2.17. The van der Waals surface area contributed by atoms with Crippen LogP contribution in [0.15, 0.2) is 10.8 Å². The van der Waals surface area contributed by atoms with Crippen molar-refractivity contribution in [1.29, 1.82) is 0 Å². The molecule has 0 spiro atoms. The van der Waals surface area contributed by atoms with Gasteiger partial charge in [-0.25, -0.2) is 4.79 Å². The van der Waals surface area contributed by atoms with Gasteiger partial charge in [0.2, 0.25) is 0 Å². The lowest BCUT2D eigenvalue weighted by Gasteiger charge is -2.20. The zero-order valence-corrected chi connectivity index (χ0v) is 14.9. The molecule has 0 aromatic heterocycles. The number of ether oxygens (including phenoxy) is 2. The first-order valence-corrected chi connectivity index (χ1v) is 9.07. The molecule has 0 bridgehead atoms. The Balaban J connectivity index is 4.69. The highest BCUT2D eigenvalue weighted by atomic mass is 28.2. The fraction of sp³-hybridized carbons (Fsp3) is 0.812. The fourth-order valence-electron chi connectivity index (χ4n) is 1.69. The SMILES string of the molecule is CCCCOC(OCCCC)[Si]/C(CCC)=C(\C)C(=O)O. The second kappa shape index (κ2) is 13.0. The number of aliphatic carboxylic acids is 1. The Kier molecular flexibility index (Phi) is 12.6. The summed E-state index contributed by atoms with van der Waals surface area (Å²) in [6.45, 7) is 9.32. The molecule has 0 fully saturated rings. The summed E-state index contributed by atoms with van der Waals surface area (Å²) in [5.41, 5.74) is 0.443. The standard InChI is InChI=1S/C16H30O4Si/c1-5-8-11-19-16(20-12-9-6-2)21-14(10-7-3)13(4)15(17)18/h16H,5-12H2,1-4H3,(H,17,18)/b14-13+. The molecule has 0 aliphatic heterocycles. The Hall–Kier alpha value is -0.653. The van der Waals surface area contributed by atoms with Gasteiger partial charge in [0, 0.05) is 18.8 Å². The molecule has 0 aliphatic carbocycles. The van der Waals surface area contributed by atoms with Crippen molar-refractivity contribution >= 4 is 15.5 Å². The molecule has 122 valence electrons. The van der Waals surface area contributed by atoms with Crippen molar-refractivity contribution in [3.63, 3.8) is 0 Å². The van der Waals surface area contributed by atoms with Crippen LogP contribution in [0.1, 0.15) is 66.2 Å². The molecule has 1 N–H and O–H groups in total. The predicted molar refractivity (Wildman–Crippen MR) is 86.5 cm³/mol. The van der Waals surface area contributed by atoms with Crippen molar-refractivity contribution in [2.75, 3.05) is 13.2 Å². The summed E-state index contributed by atoms with van der Waals surface area (Å²) >= 11 is 0. The van der Waals surface area contributed by atoms with Gasteiger partial charge >= 0.3 is 5.97 Å². The molecule has 4 nitrogen and oxygen atoms in total. The first-order valence-electron chi connectivity index (χ1n) is 7.99. The second-order valence-corrected chi connectivity index (χ2v) is 6.45. The van der Waals surface area contributed by atoms with E-state index in [9.17, 15) is 9.90 Å². The molecule has 0 amide bonds. The maximum absolute atomic E-state index is 11.2. The zero-order valence-electron chi connectivity index (χ0n) is 13.9. The molecule has 0 rings (SSSR count). The fourth-order valence-corrected chi connectivity index (χ4v) is 3.09. The van der Waals surface area contributed by atoms with Gasteiger partial charge in [0.05, 0.1) is 0 Å². The third-order valence-electron chi connectivity index (χ3n) is 3.10. The minimum absolute atomic E-state index is 0.271. The van der Waals surface area contributed by atoms with E-state index in [0.29, 0.717) is 18.8 Å². The number of carbonyl (C=O) groups is 1. The summed E-state index contributed by atoms with van der Waals surface area (Å²) in [6, 6.07) is 0. The third kappa shape index (κ3) is 9.82. The van der Waals surface area contributed by atoms with Crippen molar-refractivity contribution in [3.05, 3.63) is 10.8 Å². The molecule has 0 aliphatic rings. The van der Waals surface area contributed by atoms with Crippen LogP contribution in [0.3, 0.4) is 0 Å². The van der Waals surface area contributed by atoms with Crippen molar-refractivity contribution in [1.82, 2.24) is 0 Å². The van der Waals surface area contributed by atoms with Crippen molar-refractivity contribution in [2.24, 2.45) is 0 Å². The summed E-state index contributed by atoms with van der Waals surface area (Å²) in [6.07, 6.45) is 5.89. The molecular weight excluding hydrogens is 284 g/mol. The van der Waals surface area contributed by atoms with E-state index >= 15 is 0 Å². The van der Waals surface area contributed by atoms with Gasteiger partial charge in [-0.1, -0.05) is 45.2 Å². The van der Waals surface area contributed by atoms with Gasteiger partial charge in [-0.2, -0.15) is 0 Å². The normalized spacial score (nSPS) is 12.6. The molecule has 2 radical (unpaired) electrons. The minimum Gasteiger partial charge on any atom is -0.478 e. The number of rotatable bonds is 13. The number of carboxylic acid groups (broad SMARTS) is 1. The van der Waals surface area contributed by atoms with E-state index in [1.807, 2.05) is 0 Å². The predicted octanol–water partition coefficient (Wildman–Crippen LogP) is 3.77. The van der Waals surface area contributed by atoms with Crippen LogP contribution in [0, 0.1) is 0 Å². The number of carboxylic acids is 1. The molecule has 0 aromatic carbocycles. The highest BCUT2D eigenvalue weighted by Crippen LogP contribution is 2.14. The van der Waals surface area contributed by atoms with Crippen molar-refractivity contribution in [3.8, 4) is 0 Å². The van der Waals surface area contributed by atoms with Crippen LogP contribution in [0.4, 0.5) is 0 Å². The Bertz CT molecular complexity index is 305. The molecule has 21 heavy (non-hydrogen) atoms. The summed E-state index contributed by atoms with van der Waals surface area (Å²) in [4.78, 5) is 11.2. The first-order chi connectivity index (χ1) is 10.1. The van der Waals surface area contributed by atoms with Crippen LogP contribution in [0.25, 0.3) is 0 Å². The highest BCUT2D eigenvalue weighted by molar-refractivity contribution is 6.47. The molecule has 0 atom stereocenters. The van der Waals surface area contributed by atoms with E-state index in [1.165, 1.54) is 0 Å². The van der Waals surface area contributed by atoms with E-state index in [4.69, 9.17) is 9.47 Å². The van der Waals surface area contributed by atoms with Crippen LogP contribution in [0.2, 0.25) is 0 Å². The minimum atomic E-state index is -0.841. The van der Waals surface area contributed by atoms with E-state index < -0.39 is 5.97 Å². The first kappa shape index (κ1) is 20.3. The lowest BCUT2D eigenvalue weighted by Crippen LogP contribution is -2.28. The Morgan fingerprint density at radius 3 is 1.95 bits per heavy atom. The summed E-state index contributed by atoms with van der Waals surface area (Å²) in [7, 11) is 0.271. The molecule has 0 unspecified atom stereocenters. The van der Waals surface area contributed by atoms with Crippen molar-refractivity contribution in [2.45, 2.75) is 72.1 Å². The smallest absolute Gasteiger partial charge is 0.330 e. The Labute approximate surface area is 131 Å². The average molecular weight is 314 g/mol. The molecule has 5 heteroatoms.